The molecule has 0 bridgehead atoms. The van der Waals surface area contributed by atoms with Gasteiger partial charge in [0.15, 0.2) is 5.82 Å². The number of carbonyl (C=O) groups is 1. The number of aromatic amines is 1. The van der Waals surface area contributed by atoms with Gasteiger partial charge >= 0.3 is 0 Å². The van der Waals surface area contributed by atoms with E-state index in [1.165, 1.54) is 31.6 Å². The van der Waals surface area contributed by atoms with Crippen LogP contribution in [0.1, 0.15) is 34.5 Å². The monoisotopic (exact) mass is 475 g/mol. The number of methoxy groups -OCH3 is 1. The Morgan fingerprint density at radius 2 is 1.97 bits per heavy atom. The average molecular weight is 475 g/mol. The maximum atomic E-state index is 13.6. The first kappa shape index (κ1) is 23.6. The highest BCUT2D eigenvalue weighted by Crippen LogP contribution is 2.33. The number of H-pyrrole nitrogens is 1. The van der Waals surface area contributed by atoms with Crippen molar-refractivity contribution < 1.29 is 18.7 Å². The standard InChI is InChI=1S/C25H22FN5O4/c1-3-35-17-10-11-18(21(13-17)34-2)22(15-6-8-16(26)9-7-15)29-24(32)19-14-27-23(30-25(19)33)20-5-4-12-28-31-20/h4-14,22H,3H2,1-2H3,(H,29,32)(H,27,30,33). The van der Waals surface area contributed by atoms with Crippen LogP contribution in [0.2, 0.25) is 0 Å². The van der Waals surface area contributed by atoms with Crippen LogP contribution < -0.4 is 20.3 Å². The van der Waals surface area contributed by atoms with E-state index in [0.717, 1.165) is 0 Å². The summed E-state index contributed by atoms with van der Waals surface area (Å²) in [6, 6.07) is 13.4. The summed E-state index contributed by atoms with van der Waals surface area (Å²) >= 11 is 0. The normalized spacial score (nSPS) is 11.5. The minimum absolute atomic E-state index is 0.183. The van der Waals surface area contributed by atoms with Gasteiger partial charge in [0.25, 0.3) is 11.5 Å². The first-order chi connectivity index (χ1) is 17.0. The Hall–Kier alpha value is -4.60. The second-order valence-electron chi connectivity index (χ2n) is 7.38. The van der Waals surface area contributed by atoms with E-state index in [2.05, 4.69) is 25.5 Å². The molecule has 178 valence electrons. The van der Waals surface area contributed by atoms with Crippen molar-refractivity contribution in [3.63, 3.8) is 0 Å². The summed E-state index contributed by atoms with van der Waals surface area (Å²) in [7, 11) is 1.50. The minimum atomic E-state index is -0.757. The molecule has 0 aliphatic carbocycles. The lowest BCUT2D eigenvalue weighted by Crippen LogP contribution is -2.34. The molecule has 0 aliphatic heterocycles. The van der Waals surface area contributed by atoms with Gasteiger partial charge in [-0.1, -0.05) is 12.1 Å². The van der Waals surface area contributed by atoms with Crippen molar-refractivity contribution >= 4 is 5.91 Å². The zero-order chi connectivity index (χ0) is 24.8. The molecule has 9 nitrogen and oxygen atoms in total. The molecule has 4 rings (SSSR count). The molecule has 1 atom stereocenters. The summed E-state index contributed by atoms with van der Waals surface area (Å²) in [6.45, 7) is 2.34. The number of hydrogen-bond donors (Lipinski definition) is 2. The van der Waals surface area contributed by atoms with Crippen molar-refractivity contribution in [3.05, 3.63) is 99.9 Å². The maximum absolute atomic E-state index is 13.6. The van der Waals surface area contributed by atoms with Crippen molar-refractivity contribution in [2.45, 2.75) is 13.0 Å². The van der Waals surface area contributed by atoms with Gasteiger partial charge in [0, 0.05) is 24.0 Å². The second-order valence-corrected chi connectivity index (χ2v) is 7.38. The quantitative estimate of drug-likeness (QED) is 0.401. The summed E-state index contributed by atoms with van der Waals surface area (Å²) in [5, 5.41) is 10.5. The fraction of sp³-hybridized carbons (Fsp3) is 0.160. The van der Waals surface area contributed by atoms with E-state index in [1.807, 2.05) is 6.92 Å². The molecule has 2 aromatic heterocycles. The zero-order valence-electron chi connectivity index (χ0n) is 19.0. The predicted octanol–water partition coefficient (Wildman–Crippen LogP) is 3.29. The van der Waals surface area contributed by atoms with Crippen molar-refractivity contribution in [2.75, 3.05) is 13.7 Å². The van der Waals surface area contributed by atoms with Gasteiger partial charge < -0.3 is 19.8 Å². The fourth-order valence-corrected chi connectivity index (χ4v) is 3.51. The minimum Gasteiger partial charge on any atom is -0.496 e. The third-order valence-electron chi connectivity index (χ3n) is 5.16. The van der Waals surface area contributed by atoms with Crippen molar-refractivity contribution in [1.29, 1.82) is 0 Å². The van der Waals surface area contributed by atoms with E-state index < -0.39 is 23.3 Å². The Morgan fingerprint density at radius 3 is 2.63 bits per heavy atom. The number of rotatable bonds is 8. The number of nitrogens with one attached hydrogen (secondary N) is 2. The summed E-state index contributed by atoms with van der Waals surface area (Å²) in [6.07, 6.45) is 2.67. The molecule has 2 N–H and O–H groups in total. The molecule has 4 aromatic rings. The maximum Gasteiger partial charge on any atom is 0.264 e. The molecule has 0 spiro atoms. The van der Waals surface area contributed by atoms with Gasteiger partial charge in [0.1, 0.15) is 28.6 Å². The van der Waals surface area contributed by atoms with E-state index in [-0.39, 0.29) is 11.4 Å². The van der Waals surface area contributed by atoms with Crippen LogP contribution in [0.15, 0.2) is 71.8 Å². The van der Waals surface area contributed by atoms with E-state index in [0.29, 0.717) is 34.9 Å². The van der Waals surface area contributed by atoms with Gasteiger partial charge in [0.2, 0.25) is 0 Å². The van der Waals surface area contributed by atoms with Crippen LogP contribution in [0.5, 0.6) is 11.5 Å². The van der Waals surface area contributed by atoms with Crippen LogP contribution in [0.4, 0.5) is 4.39 Å². The topological polar surface area (TPSA) is 119 Å². The van der Waals surface area contributed by atoms with Crippen LogP contribution in [-0.4, -0.2) is 39.8 Å². The van der Waals surface area contributed by atoms with Gasteiger partial charge in [-0.3, -0.25) is 9.59 Å². The Bertz CT molecular complexity index is 1380. The van der Waals surface area contributed by atoms with E-state index >= 15 is 0 Å². The lowest BCUT2D eigenvalue weighted by molar-refractivity contribution is 0.0940. The van der Waals surface area contributed by atoms with Gasteiger partial charge in [-0.25, -0.2) is 9.37 Å². The number of amides is 1. The summed E-state index contributed by atoms with van der Waals surface area (Å²) in [5.74, 6) is 0.142. The molecule has 2 heterocycles. The summed E-state index contributed by atoms with van der Waals surface area (Å²) in [5.41, 5.74) is 0.698. The number of benzene rings is 2. The summed E-state index contributed by atoms with van der Waals surface area (Å²) in [4.78, 5) is 32.6. The highest BCUT2D eigenvalue weighted by molar-refractivity contribution is 5.94. The van der Waals surface area contributed by atoms with Crippen molar-refractivity contribution in [1.82, 2.24) is 25.5 Å². The Kier molecular flexibility index (Phi) is 7.10. The van der Waals surface area contributed by atoms with Crippen LogP contribution >= 0.6 is 0 Å². The molecule has 0 saturated heterocycles. The zero-order valence-corrected chi connectivity index (χ0v) is 19.0. The average Bonchev–Trinajstić information content (AvgIpc) is 2.88. The SMILES string of the molecule is CCOc1ccc(C(NC(=O)c2cnc(-c3cccnn3)[nH]c2=O)c2ccc(F)cc2)c(OC)c1. The van der Waals surface area contributed by atoms with Gasteiger partial charge in [-0.05, 0) is 48.9 Å². The first-order valence-corrected chi connectivity index (χ1v) is 10.7. The Balaban J connectivity index is 1.70. The molecule has 1 amide bonds. The van der Waals surface area contributed by atoms with Gasteiger partial charge in [-0.2, -0.15) is 5.10 Å². The number of halogens is 1. The molecule has 0 fully saturated rings. The summed E-state index contributed by atoms with van der Waals surface area (Å²) < 4.78 is 24.7. The molecule has 0 aliphatic rings. The third kappa shape index (κ3) is 5.32. The number of aromatic nitrogens is 4. The Morgan fingerprint density at radius 1 is 1.17 bits per heavy atom. The van der Waals surface area contributed by atoms with Gasteiger partial charge in [0.05, 0.1) is 19.8 Å². The van der Waals surface area contributed by atoms with Crippen LogP contribution in [0.3, 0.4) is 0 Å². The molecule has 0 radical (unpaired) electrons. The third-order valence-corrected chi connectivity index (χ3v) is 5.16. The van der Waals surface area contributed by atoms with Crippen molar-refractivity contribution in [2.24, 2.45) is 0 Å². The van der Waals surface area contributed by atoms with E-state index in [4.69, 9.17) is 9.47 Å². The first-order valence-electron chi connectivity index (χ1n) is 10.7. The fourth-order valence-electron chi connectivity index (χ4n) is 3.51. The number of hydrogen-bond acceptors (Lipinski definition) is 7. The molecule has 35 heavy (non-hydrogen) atoms. The van der Waals surface area contributed by atoms with Crippen LogP contribution in [0.25, 0.3) is 11.5 Å². The molecule has 1 unspecified atom stereocenters. The molecule has 2 aromatic carbocycles. The molecule has 10 heteroatoms. The highest BCUT2D eigenvalue weighted by Gasteiger charge is 2.24. The lowest BCUT2D eigenvalue weighted by Gasteiger charge is -2.22. The predicted molar refractivity (Wildman–Crippen MR) is 126 cm³/mol. The van der Waals surface area contributed by atoms with E-state index in [1.54, 1.807) is 42.5 Å². The van der Waals surface area contributed by atoms with Gasteiger partial charge in [-0.15, -0.1) is 5.10 Å². The molecule has 0 saturated carbocycles. The highest BCUT2D eigenvalue weighted by atomic mass is 19.1. The van der Waals surface area contributed by atoms with E-state index in [9.17, 15) is 14.0 Å². The Labute approximate surface area is 200 Å². The van der Waals surface area contributed by atoms with Crippen LogP contribution in [0, 0.1) is 5.82 Å². The number of carbonyl (C=O) groups excluding carboxylic acids is 1. The molecular formula is C25H22FN5O4. The number of nitrogens with zero attached hydrogens (tertiary/aromatic N) is 3. The van der Waals surface area contributed by atoms with Crippen molar-refractivity contribution in [3.8, 4) is 23.0 Å². The largest absolute Gasteiger partial charge is 0.496 e. The number of ether oxygens (including phenoxy) is 2. The smallest absolute Gasteiger partial charge is 0.264 e. The van der Waals surface area contributed by atoms with Crippen LogP contribution in [-0.2, 0) is 0 Å². The lowest BCUT2D eigenvalue weighted by atomic mass is 9.97. The second kappa shape index (κ2) is 10.6. The molecular weight excluding hydrogens is 453 g/mol.